The molecular weight excluding hydrogens is 298 g/mol. The Balaban J connectivity index is 0.00000176. The number of nitrogens with one attached hydrogen (secondary N) is 2. The van der Waals surface area contributed by atoms with E-state index in [1.165, 1.54) is 0 Å². The maximum Gasteiger partial charge on any atom is 0.266 e. The Hall–Kier alpha value is -2.25. The lowest BCUT2D eigenvalue weighted by Gasteiger charge is -2.26. The summed E-state index contributed by atoms with van der Waals surface area (Å²) in [4.78, 5) is 15.1. The Bertz CT molecular complexity index is 787. The highest BCUT2D eigenvalue weighted by Crippen LogP contribution is 2.38. The van der Waals surface area contributed by atoms with Gasteiger partial charge in [-0.25, -0.2) is 0 Å². The predicted octanol–water partition coefficient (Wildman–Crippen LogP) is 3.56. The van der Waals surface area contributed by atoms with Crippen molar-refractivity contribution in [3.05, 3.63) is 51.4 Å². The second-order valence-corrected chi connectivity index (χ2v) is 5.59. The average Bonchev–Trinajstić information content (AvgIpc) is 2.48. The van der Waals surface area contributed by atoms with E-state index in [4.69, 9.17) is 0 Å². The molecule has 114 valence electrons. The van der Waals surface area contributed by atoms with Crippen LogP contribution in [0.2, 0.25) is 0 Å². The molecule has 3 rings (SSSR count). The highest BCUT2D eigenvalue weighted by Gasteiger charge is 2.24. The Morgan fingerprint density at radius 2 is 1.95 bits per heavy atom. The number of hydrogen-bond acceptors (Lipinski definition) is 3. The van der Waals surface area contributed by atoms with Crippen molar-refractivity contribution >= 4 is 18.1 Å². The molecule has 5 heteroatoms. The van der Waals surface area contributed by atoms with Crippen molar-refractivity contribution in [2.45, 2.75) is 26.2 Å². The molecule has 0 radical (unpaired) electrons. The van der Waals surface area contributed by atoms with Crippen LogP contribution in [0.5, 0.6) is 0 Å². The highest BCUT2D eigenvalue weighted by atomic mass is 35.5. The van der Waals surface area contributed by atoms with Crippen LogP contribution < -0.4 is 10.9 Å². The number of rotatable bonds is 1. The van der Waals surface area contributed by atoms with E-state index in [0.717, 1.165) is 41.0 Å². The van der Waals surface area contributed by atoms with E-state index in [9.17, 15) is 10.1 Å². The van der Waals surface area contributed by atoms with Crippen molar-refractivity contribution in [3.8, 4) is 17.2 Å². The van der Waals surface area contributed by atoms with E-state index >= 15 is 0 Å². The Morgan fingerprint density at radius 3 is 2.59 bits per heavy atom. The van der Waals surface area contributed by atoms with Crippen LogP contribution in [0.15, 0.2) is 29.1 Å². The number of aromatic nitrogens is 1. The third-order valence-corrected chi connectivity index (χ3v) is 4.07. The molecule has 1 aromatic carbocycles. The quantitative estimate of drug-likeness (QED) is 0.845. The second-order valence-electron chi connectivity index (χ2n) is 5.59. The molecule has 1 aliphatic rings. The molecule has 2 N–H and O–H groups in total. The fraction of sp³-hybridized carbons (Fsp3) is 0.294. The van der Waals surface area contributed by atoms with Crippen LogP contribution >= 0.6 is 12.4 Å². The molecule has 0 spiro atoms. The first-order chi connectivity index (χ1) is 10.1. The molecule has 22 heavy (non-hydrogen) atoms. The third-order valence-electron chi connectivity index (χ3n) is 4.07. The van der Waals surface area contributed by atoms with Crippen molar-refractivity contribution in [1.82, 2.24) is 4.98 Å². The summed E-state index contributed by atoms with van der Waals surface area (Å²) < 4.78 is 0. The standard InChI is InChI=1S/C17H17N3O.ClH/c1-10-3-5-12(6-4-10)14-13(9-18)17(21)20-15-11(2)7-8-19-16(14)15;/h3-6,11,19H,7-8H2,1-2H3,(H,20,21);1H. The summed E-state index contributed by atoms with van der Waals surface area (Å²) in [5.41, 5.74) is 4.46. The maximum absolute atomic E-state index is 12.2. The van der Waals surface area contributed by atoms with E-state index in [0.29, 0.717) is 0 Å². The molecule has 1 atom stereocenters. The second kappa shape index (κ2) is 6.25. The van der Waals surface area contributed by atoms with Gasteiger partial charge in [0.2, 0.25) is 0 Å². The van der Waals surface area contributed by atoms with Crippen LogP contribution in [0.4, 0.5) is 5.69 Å². The van der Waals surface area contributed by atoms with Gasteiger partial charge in [-0.3, -0.25) is 4.79 Å². The van der Waals surface area contributed by atoms with Crippen molar-refractivity contribution in [2.75, 3.05) is 11.9 Å². The maximum atomic E-state index is 12.2. The van der Waals surface area contributed by atoms with Gasteiger partial charge in [0.25, 0.3) is 5.56 Å². The zero-order valence-corrected chi connectivity index (χ0v) is 13.4. The summed E-state index contributed by atoms with van der Waals surface area (Å²) in [6.45, 7) is 4.97. The van der Waals surface area contributed by atoms with Crippen LogP contribution in [0, 0.1) is 18.3 Å². The lowest BCUT2D eigenvalue weighted by molar-refractivity contribution is 0.659. The largest absolute Gasteiger partial charge is 0.383 e. The summed E-state index contributed by atoms with van der Waals surface area (Å²) >= 11 is 0. The smallest absolute Gasteiger partial charge is 0.266 e. The number of fused-ring (bicyclic) bond motifs is 1. The Labute approximate surface area is 135 Å². The van der Waals surface area contributed by atoms with Gasteiger partial charge in [-0.2, -0.15) is 5.26 Å². The van der Waals surface area contributed by atoms with Gasteiger partial charge >= 0.3 is 0 Å². The molecule has 2 aromatic rings. The van der Waals surface area contributed by atoms with Crippen molar-refractivity contribution < 1.29 is 0 Å². The molecule has 1 aliphatic heterocycles. The molecule has 0 aliphatic carbocycles. The third kappa shape index (κ3) is 2.60. The molecule has 1 unspecified atom stereocenters. The number of anilines is 1. The Kier molecular flexibility index (Phi) is 4.58. The van der Waals surface area contributed by atoms with Crippen LogP contribution in [-0.2, 0) is 0 Å². The fourth-order valence-corrected chi connectivity index (χ4v) is 2.85. The lowest BCUT2D eigenvalue weighted by atomic mass is 9.90. The van der Waals surface area contributed by atoms with E-state index in [2.05, 4.69) is 23.3 Å². The molecule has 0 saturated carbocycles. The minimum atomic E-state index is -0.303. The van der Waals surface area contributed by atoms with E-state index < -0.39 is 0 Å². The van der Waals surface area contributed by atoms with Crippen LogP contribution in [0.25, 0.3) is 11.1 Å². The highest BCUT2D eigenvalue weighted by molar-refractivity contribution is 5.85. The Morgan fingerprint density at radius 1 is 1.27 bits per heavy atom. The molecule has 0 fully saturated rings. The van der Waals surface area contributed by atoms with Gasteiger partial charge in [0.1, 0.15) is 11.6 Å². The molecular formula is C17H18ClN3O. The topological polar surface area (TPSA) is 68.7 Å². The van der Waals surface area contributed by atoms with Gasteiger partial charge in [-0.1, -0.05) is 36.8 Å². The van der Waals surface area contributed by atoms with Gasteiger partial charge in [0, 0.05) is 23.7 Å². The van der Waals surface area contributed by atoms with Gasteiger partial charge < -0.3 is 10.3 Å². The summed E-state index contributed by atoms with van der Waals surface area (Å²) in [5.74, 6) is 0.283. The molecule has 0 amide bonds. The minimum Gasteiger partial charge on any atom is -0.383 e. The van der Waals surface area contributed by atoms with Gasteiger partial charge in [-0.15, -0.1) is 12.4 Å². The summed E-state index contributed by atoms with van der Waals surface area (Å²) in [6.07, 6.45) is 0.974. The first kappa shape index (κ1) is 16.1. The van der Waals surface area contributed by atoms with Crippen molar-refractivity contribution in [3.63, 3.8) is 0 Å². The molecule has 0 bridgehead atoms. The number of H-pyrrole nitrogens is 1. The normalized spacial score (nSPS) is 16.0. The summed E-state index contributed by atoms with van der Waals surface area (Å²) in [6, 6.07) is 9.98. The monoisotopic (exact) mass is 315 g/mol. The van der Waals surface area contributed by atoms with E-state index in [1.54, 1.807) is 0 Å². The van der Waals surface area contributed by atoms with Crippen molar-refractivity contribution in [1.29, 1.82) is 5.26 Å². The number of halogens is 1. The SMILES string of the molecule is Cc1ccc(-c2c3c([nH]c(=O)c2C#N)C(C)CCN3)cc1.Cl. The van der Waals surface area contributed by atoms with Crippen LogP contribution in [0.1, 0.15) is 36.1 Å². The zero-order chi connectivity index (χ0) is 15.0. The number of nitriles is 1. The minimum absolute atomic E-state index is 0. The molecule has 4 nitrogen and oxygen atoms in total. The lowest BCUT2D eigenvalue weighted by Crippen LogP contribution is -2.24. The number of nitrogens with zero attached hydrogens (tertiary/aromatic N) is 1. The summed E-state index contributed by atoms with van der Waals surface area (Å²) in [7, 11) is 0. The van der Waals surface area contributed by atoms with Gasteiger partial charge in [0.05, 0.1) is 5.69 Å². The number of hydrogen-bond donors (Lipinski definition) is 2. The molecule has 0 saturated heterocycles. The predicted molar refractivity (Wildman–Crippen MR) is 90.7 cm³/mol. The molecule has 2 heterocycles. The zero-order valence-electron chi connectivity index (χ0n) is 12.6. The van der Waals surface area contributed by atoms with E-state index in [-0.39, 0.29) is 29.4 Å². The first-order valence-corrected chi connectivity index (χ1v) is 7.13. The fourth-order valence-electron chi connectivity index (χ4n) is 2.85. The number of aryl methyl sites for hydroxylation is 1. The van der Waals surface area contributed by atoms with Crippen LogP contribution in [0.3, 0.4) is 0 Å². The van der Waals surface area contributed by atoms with E-state index in [1.807, 2.05) is 31.2 Å². The molecule has 1 aromatic heterocycles. The first-order valence-electron chi connectivity index (χ1n) is 7.13. The van der Waals surface area contributed by atoms with Gasteiger partial charge in [-0.05, 0) is 18.9 Å². The number of pyridine rings is 1. The number of aromatic amines is 1. The average molecular weight is 316 g/mol. The van der Waals surface area contributed by atoms with Crippen molar-refractivity contribution in [2.24, 2.45) is 0 Å². The van der Waals surface area contributed by atoms with Crippen LogP contribution in [-0.4, -0.2) is 11.5 Å². The number of benzene rings is 1. The summed E-state index contributed by atoms with van der Waals surface area (Å²) in [5, 5.41) is 12.7. The van der Waals surface area contributed by atoms with Gasteiger partial charge in [0.15, 0.2) is 0 Å².